The summed E-state index contributed by atoms with van der Waals surface area (Å²) in [5.41, 5.74) is 2.28. The zero-order valence-corrected chi connectivity index (χ0v) is 13.8. The van der Waals surface area contributed by atoms with Gasteiger partial charge in [0.1, 0.15) is 0 Å². The highest BCUT2D eigenvalue weighted by molar-refractivity contribution is 7.89. The van der Waals surface area contributed by atoms with Crippen molar-refractivity contribution in [2.24, 2.45) is 0 Å². The predicted octanol–water partition coefficient (Wildman–Crippen LogP) is 3.56. The average molecular weight is 315 g/mol. The van der Waals surface area contributed by atoms with Crippen molar-refractivity contribution in [1.29, 1.82) is 0 Å². The Bertz CT molecular complexity index is 738. The lowest BCUT2D eigenvalue weighted by atomic mass is 9.97. The fraction of sp³-hybridized carbons (Fsp3) is 0.333. The van der Waals surface area contributed by atoms with E-state index in [2.05, 4.69) is 12.1 Å². The summed E-state index contributed by atoms with van der Waals surface area (Å²) in [6, 6.07) is 17.3. The van der Waals surface area contributed by atoms with E-state index in [-0.39, 0.29) is 12.0 Å². The monoisotopic (exact) mass is 315 g/mol. The Morgan fingerprint density at radius 3 is 2.27 bits per heavy atom. The number of hydrogen-bond acceptors (Lipinski definition) is 2. The molecular formula is C18H21NO2S. The summed E-state index contributed by atoms with van der Waals surface area (Å²) >= 11 is 0. The Balaban J connectivity index is 1.87. The van der Waals surface area contributed by atoms with E-state index in [4.69, 9.17) is 0 Å². The van der Waals surface area contributed by atoms with Gasteiger partial charge in [0.2, 0.25) is 10.0 Å². The van der Waals surface area contributed by atoms with E-state index < -0.39 is 10.0 Å². The second-order valence-electron chi connectivity index (χ2n) is 6.08. The van der Waals surface area contributed by atoms with Gasteiger partial charge in [0.25, 0.3) is 0 Å². The van der Waals surface area contributed by atoms with Gasteiger partial charge in [-0.1, -0.05) is 48.0 Å². The molecule has 0 radical (unpaired) electrons. The van der Waals surface area contributed by atoms with Crippen molar-refractivity contribution >= 4 is 10.0 Å². The van der Waals surface area contributed by atoms with Crippen LogP contribution in [0.25, 0.3) is 0 Å². The molecule has 22 heavy (non-hydrogen) atoms. The van der Waals surface area contributed by atoms with Crippen molar-refractivity contribution in [2.75, 3.05) is 6.54 Å². The first kappa shape index (κ1) is 15.3. The van der Waals surface area contributed by atoms with Gasteiger partial charge in [-0.25, -0.2) is 8.42 Å². The summed E-state index contributed by atoms with van der Waals surface area (Å²) in [4.78, 5) is 0.388. The Labute approximate surface area is 132 Å². The molecule has 1 fully saturated rings. The molecular weight excluding hydrogens is 294 g/mol. The van der Waals surface area contributed by atoms with Crippen molar-refractivity contribution in [3.05, 3.63) is 65.7 Å². The van der Waals surface area contributed by atoms with E-state index in [1.165, 1.54) is 5.56 Å². The van der Waals surface area contributed by atoms with Gasteiger partial charge in [0.05, 0.1) is 4.90 Å². The number of rotatable bonds is 3. The van der Waals surface area contributed by atoms with Gasteiger partial charge >= 0.3 is 0 Å². The number of nitrogens with zero attached hydrogens (tertiary/aromatic N) is 1. The molecule has 2 atom stereocenters. The van der Waals surface area contributed by atoms with Crippen molar-refractivity contribution in [3.63, 3.8) is 0 Å². The van der Waals surface area contributed by atoms with Crippen LogP contribution >= 0.6 is 0 Å². The van der Waals surface area contributed by atoms with Crippen LogP contribution in [-0.4, -0.2) is 25.3 Å². The molecule has 1 aliphatic rings. The molecule has 0 N–H and O–H groups in total. The minimum absolute atomic E-state index is 0.0245. The highest BCUT2D eigenvalue weighted by Crippen LogP contribution is 2.35. The molecule has 1 saturated heterocycles. The van der Waals surface area contributed by atoms with Crippen molar-refractivity contribution < 1.29 is 8.42 Å². The average Bonchev–Trinajstić information content (AvgIpc) is 2.91. The molecule has 2 aromatic carbocycles. The van der Waals surface area contributed by atoms with E-state index in [1.807, 2.05) is 44.2 Å². The second kappa shape index (κ2) is 5.86. The Hall–Kier alpha value is -1.65. The maximum absolute atomic E-state index is 12.9. The number of benzene rings is 2. The fourth-order valence-corrected chi connectivity index (χ4v) is 4.84. The molecule has 4 heteroatoms. The maximum Gasteiger partial charge on any atom is 0.243 e. The smallest absolute Gasteiger partial charge is 0.207 e. The summed E-state index contributed by atoms with van der Waals surface area (Å²) in [6.45, 7) is 4.51. The van der Waals surface area contributed by atoms with Crippen LogP contribution in [0, 0.1) is 6.92 Å². The van der Waals surface area contributed by atoms with Gasteiger partial charge in [0.15, 0.2) is 0 Å². The van der Waals surface area contributed by atoms with Crippen LogP contribution in [0.1, 0.15) is 30.4 Å². The molecule has 0 aromatic heterocycles. The van der Waals surface area contributed by atoms with Crippen LogP contribution in [0.4, 0.5) is 0 Å². The molecule has 1 aliphatic heterocycles. The summed E-state index contributed by atoms with van der Waals surface area (Å²) in [5, 5.41) is 0. The summed E-state index contributed by atoms with van der Waals surface area (Å²) in [7, 11) is -3.41. The molecule has 3 rings (SSSR count). The van der Waals surface area contributed by atoms with E-state index in [1.54, 1.807) is 16.4 Å². The Morgan fingerprint density at radius 1 is 1.00 bits per heavy atom. The quantitative estimate of drug-likeness (QED) is 0.868. The molecule has 0 bridgehead atoms. The molecule has 0 aliphatic carbocycles. The zero-order chi connectivity index (χ0) is 15.7. The molecule has 116 valence electrons. The minimum atomic E-state index is -3.41. The van der Waals surface area contributed by atoms with Crippen molar-refractivity contribution in [2.45, 2.75) is 37.1 Å². The molecule has 0 amide bonds. The first-order valence-corrected chi connectivity index (χ1v) is 9.06. The largest absolute Gasteiger partial charge is 0.243 e. The highest BCUT2D eigenvalue weighted by Gasteiger charge is 2.38. The van der Waals surface area contributed by atoms with Gasteiger partial charge in [-0.2, -0.15) is 4.31 Å². The van der Waals surface area contributed by atoms with Crippen LogP contribution in [0.15, 0.2) is 59.5 Å². The molecule has 2 unspecified atom stereocenters. The Morgan fingerprint density at radius 2 is 1.64 bits per heavy atom. The number of hydrogen-bond donors (Lipinski definition) is 0. The van der Waals surface area contributed by atoms with Crippen LogP contribution in [0.3, 0.4) is 0 Å². The molecule has 3 nitrogen and oxygen atoms in total. The summed E-state index contributed by atoms with van der Waals surface area (Å²) in [6.07, 6.45) is 0.870. The SMILES string of the molecule is Cc1ccc(S(=O)(=O)N2CC(c3ccccc3)CC2C)cc1. The topological polar surface area (TPSA) is 37.4 Å². The second-order valence-corrected chi connectivity index (χ2v) is 7.97. The lowest BCUT2D eigenvalue weighted by Crippen LogP contribution is -2.33. The van der Waals surface area contributed by atoms with Crippen LogP contribution < -0.4 is 0 Å². The van der Waals surface area contributed by atoms with Crippen molar-refractivity contribution in [3.8, 4) is 0 Å². The first-order valence-electron chi connectivity index (χ1n) is 7.62. The molecule has 0 spiro atoms. The maximum atomic E-state index is 12.9. The van der Waals surface area contributed by atoms with Gasteiger partial charge in [-0.3, -0.25) is 0 Å². The van der Waals surface area contributed by atoms with Gasteiger partial charge < -0.3 is 0 Å². The zero-order valence-electron chi connectivity index (χ0n) is 12.9. The molecule has 2 aromatic rings. The highest BCUT2D eigenvalue weighted by atomic mass is 32.2. The van der Waals surface area contributed by atoms with Crippen LogP contribution in [0.2, 0.25) is 0 Å². The first-order chi connectivity index (χ1) is 10.5. The fourth-order valence-electron chi connectivity index (χ4n) is 3.15. The number of sulfonamides is 1. The summed E-state index contributed by atoms with van der Waals surface area (Å²) < 4.78 is 27.4. The third kappa shape index (κ3) is 2.81. The predicted molar refractivity (Wildman–Crippen MR) is 88.3 cm³/mol. The number of aryl methyl sites for hydroxylation is 1. The van der Waals surface area contributed by atoms with E-state index in [0.717, 1.165) is 12.0 Å². The minimum Gasteiger partial charge on any atom is -0.207 e. The third-order valence-corrected chi connectivity index (χ3v) is 6.41. The normalized spacial score (nSPS) is 22.8. The third-order valence-electron chi connectivity index (χ3n) is 4.42. The van der Waals surface area contributed by atoms with E-state index >= 15 is 0 Å². The summed E-state index contributed by atoms with van der Waals surface area (Å²) in [5.74, 6) is 0.274. The standard InChI is InChI=1S/C18H21NO2S/c1-14-8-10-18(11-9-14)22(20,21)19-13-17(12-15(19)2)16-6-4-3-5-7-16/h3-11,15,17H,12-13H2,1-2H3. The van der Waals surface area contributed by atoms with E-state index in [9.17, 15) is 8.42 Å². The van der Waals surface area contributed by atoms with Gasteiger partial charge in [0, 0.05) is 12.6 Å². The van der Waals surface area contributed by atoms with Gasteiger partial charge in [-0.05, 0) is 43.9 Å². The van der Waals surface area contributed by atoms with Crippen LogP contribution in [-0.2, 0) is 10.0 Å². The molecule has 1 heterocycles. The van der Waals surface area contributed by atoms with Gasteiger partial charge in [-0.15, -0.1) is 0 Å². The molecule has 0 saturated carbocycles. The lowest BCUT2D eigenvalue weighted by Gasteiger charge is -2.21. The lowest BCUT2D eigenvalue weighted by molar-refractivity contribution is 0.407. The van der Waals surface area contributed by atoms with Crippen LogP contribution in [0.5, 0.6) is 0 Å². The van der Waals surface area contributed by atoms with Crippen molar-refractivity contribution in [1.82, 2.24) is 4.31 Å². The van der Waals surface area contributed by atoms with E-state index in [0.29, 0.717) is 11.4 Å². The Kier molecular flexibility index (Phi) is 4.06.